The summed E-state index contributed by atoms with van der Waals surface area (Å²) in [5.74, 6) is 0.977. The molecule has 1 N–H and O–H groups in total. The van der Waals surface area contributed by atoms with Crippen LogP contribution in [0.15, 0.2) is 79.0 Å². The van der Waals surface area contributed by atoms with E-state index >= 15 is 0 Å². The maximum atomic E-state index is 13.5. The van der Waals surface area contributed by atoms with Gasteiger partial charge in [-0.25, -0.2) is 4.68 Å². The Morgan fingerprint density at radius 2 is 1.79 bits per heavy atom. The van der Waals surface area contributed by atoms with Gasteiger partial charge in [0.05, 0.1) is 25.5 Å². The summed E-state index contributed by atoms with van der Waals surface area (Å²) in [5.41, 5.74) is 4.16. The lowest BCUT2D eigenvalue weighted by molar-refractivity contribution is 0.102. The maximum Gasteiger partial charge on any atom is 0.259 e. The Kier molecular flexibility index (Phi) is 6.82. The van der Waals surface area contributed by atoms with Crippen molar-refractivity contribution < 1.29 is 14.3 Å². The summed E-state index contributed by atoms with van der Waals surface area (Å²) >= 11 is 0. The van der Waals surface area contributed by atoms with Crippen molar-refractivity contribution in [1.82, 2.24) is 9.78 Å². The van der Waals surface area contributed by atoms with Gasteiger partial charge in [0.15, 0.2) is 0 Å². The van der Waals surface area contributed by atoms with E-state index in [1.807, 2.05) is 73.8 Å². The van der Waals surface area contributed by atoms with Crippen LogP contribution in [0.2, 0.25) is 0 Å². The summed E-state index contributed by atoms with van der Waals surface area (Å²) in [6.07, 6.45) is 1.74. The van der Waals surface area contributed by atoms with E-state index < -0.39 is 0 Å². The topological polar surface area (TPSA) is 68.6 Å². The number of methoxy groups -OCH3 is 2. The maximum absolute atomic E-state index is 13.5. The van der Waals surface area contributed by atoms with Crippen LogP contribution >= 0.6 is 0 Å². The number of anilines is 2. The number of rotatable bonds is 8. The molecule has 1 heterocycles. The average Bonchev–Trinajstić information content (AvgIpc) is 3.34. The van der Waals surface area contributed by atoms with Crippen LogP contribution in [0.5, 0.6) is 11.5 Å². The molecule has 4 aromatic rings. The third kappa shape index (κ3) is 4.73. The van der Waals surface area contributed by atoms with E-state index in [9.17, 15) is 4.79 Å². The number of ether oxygens (including phenoxy) is 2. The lowest BCUT2D eigenvalue weighted by atomic mass is 10.1. The first-order valence-electron chi connectivity index (χ1n) is 11.0. The standard InChI is InChI=1S/C27H28N4O3/c1-5-30(2)21-13-9-10-19(16-21)28-27(32)24-18-31(20-11-7-6-8-12-20)29-26(24)23-17-22(33-3)14-15-25(23)34-4/h6-18H,5H2,1-4H3,(H,28,32). The van der Waals surface area contributed by atoms with Crippen molar-refractivity contribution in [1.29, 1.82) is 0 Å². The normalized spacial score (nSPS) is 10.6. The number of hydrogen-bond acceptors (Lipinski definition) is 5. The fraction of sp³-hybridized carbons (Fsp3) is 0.185. The first-order chi connectivity index (χ1) is 16.5. The van der Waals surface area contributed by atoms with Gasteiger partial charge in [-0.15, -0.1) is 0 Å². The van der Waals surface area contributed by atoms with Gasteiger partial charge < -0.3 is 19.7 Å². The van der Waals surface area contributed by atoms with E-state index in [0.717, 1.165) is 17.9 Å². The second-order valence-corrected chi connectivity index (χ2v) is 7.76. The second-order valence-electron chi connectivity index (χ2n) is 7.76. The fourth-order valence-electron chi connectivity index (χ4n) is 3.65. The number of carbonyl (C=O) groups is 1. The van der Waals surface area contributed by atoms with Crippen molar-refractivity contribution in [3.63, 3.8) is 0 Å². The SMILES string of the molecule is CCN(C)c1cccc(NC(=O)c2cn(-c3ccccc3)nc2-c2cc(OC)ccc2OC)c1. The van der Waals surface area contributed by atoms with Crippen LogP contribution < -0.4 is 19.7 Å². The number of benzene rings is 3. The zero-order valence-corrected chi connectivity index (χ0v) is 19.8. The number of carbonyl (C=O) groups excluding carboxylic acids is 1. The number of para-hydroxylation sites is 1. The summed E-state index contributed by atoms with van der Waals surface area (Å²) in [4.78, 5) is 15.6. The highest BCUT2D eigenvalue weighted by atomic mass is 16.5. The van der Waals surface area contributed by atoms with E-state index in [2.05, 4.69) is 17.1 Å². The molecule has 0 aliphatic rings. The molecule has 0 spiro atoms. The Morgan fingerprint density at radius 1 is 1.00 bits per heavy atom. The van der Waals surface area contributed by atoms with Crippen LogP contribution in [0.1, 0.15) is 17.3 Å². The molecular formula is C27H28N4O3. The summed E-state index contributed by atoms with van der Waals surface area (Å²) in [6.45, 7) is 2.94. The fourth-order valence-corrected chi connectivity index (χ4v) is 3.65. The number of amides is 1. The van der Waals surface area contributed by atoms with Crippen LogP contribution in [0.25, 0.3) is 16.9 Å². The first-order valence-corrected chi connectivity index (χ1v) is 11.0. The van der Waals surface area contributed by atoms with E-state index in [-0.39, 0.29) is 5.91 Å². The number of nitrogens with zero attached hydrogens (tertiary/aromatic N) is 3. The van der Waals surface area contributed by atoms with Crippen molar-refractivity contribution in [3.05, 3.63) is 84.6 Å². The summed E-state index contributed by atoms with van der Waals surface area (Å²) in [5, 5.41) is 7.80. The second kappa shape index (κ2) is 10.1. The minimum Gasteiger partial charge on any atom is -0.497 e. The van der Waals surface area contributed by atoms with Crippen molar-refractivity contribution in [2.75, 3.05) is 38.0 Å². The highest BCUT2D eigenvalue weighted by Crippen LogP contribution is 2.35. The molecule has 1 aromatic heterocycles. The van der Waals surface area contributed by atoms with Crippen molar-refractivity contribution >= 4 is 17.3 Å². The van der Waals surface area contributed by atoms with Gasteiger partial charge in [-0.2, -0.15) is 5.10 Å². The highest BCUT2D eigenvalue weighted by molar-refractivity contribution is 6.08. The number of hydrogen-bond donors (Lipinski definition) is 1. The van der Waals surface area contributed by atoms with Crippen molar-refractivity contribution in [2.45, 2.75) is 6.92 Å². The third-order valence-electron chi connectivity index (χ3n) is 5.66. The molecular weight excluding hydrogens is 428 g/mol. The summed E-state index contributed by atoms with van der Waals surface area (Å²) < 4.78 is 12.7. The minimum atomic E-state index is -0.265. The molecule has 3 aromatic carbocycles. The monoisotopic (exact) mass is 456 g/mol. The molecule has 0 aliphatic heterocycles. The van der Waals surface area contributed by atoms with E-state index in [1.54, 1.807) is 31.2 Å². The van der Waals surface area contributed by atoms with E-state index in [0.29, 0.717) is 34.0 Å². The third-order valence-corrected chi connectivity index (χ3v) is 5.66. The number of aromatic nitrogens is 2. The molecule has 0 unspecified atom stereocenters. The van der Waals surface area contributed by atoms with Gasteiger partial charge in [-0.3, -0.25) is 4.79 Å². The first kappa shape index (κ1) is 22.9. The largest absolute Gasteiger partial charge is 0.497 e. The Labute approximate surface area is 199 Å². The molecule has 1 amide bonds. The molecule has 0 saturated carbocycles. The Morgan fingerprint density at radius 3 is 2.50 bits per heavy atom. The molecule has 7 nitrogen and oxygen atoms in total. The van der Waals surface area contributed by atoms with Crippen molar-refractivity contribution in [3.8, 4) is 28.4 Å². The minimum absolute atomic E-state index is 0.265. The van der Waals surface area contributed by atoms with Crippen LogP contribution in [-0.2, 0) is 0 Å². The smallest absolute Gasteiger partial charge is 0.259 e. The van der Waals surface area contributed by atoms with Crippen LogP contribution in [0, 0.1) is 0 Å². The van der Waals surface area contributed by atoms with Crippen molar-refractivity contribution in [2.24, 2.45) is 0 Å². The van der Waals surface area contributed by atoms with Crippen LogP contribution in [0.3, 0.4) is 0 Å². The lowest BCUT2D eigenvalue weighted by Crippen LogP contribution is -2.17. The zero-order valence-electron chi connectivity index (χ0n) is 19.8. The lowest BCUT2D eigenvalue weighted by Gasteiger charge is -2.17. The zero-order chi connectivity index (χ0) is 24.1. The average molecular weight is 457 g/mol. The molecule has 0 atom stereocenters. The highest BCUT2D eigenvalue weighted by Gasteiger charge is 2.22. The Bertz CT molecular complexity index is 1280. The predicted octanol–water partition coefficient (Wildman–Crippen LogP) is 5.26. The molecule has 4 rings (SSSR count). The van der Waals surface area contributed by atoms with E-state index in [4.69, 9.17) is 14.6 Å². The Hall–Kier alpha value is -4.26. The molecule has 0 bridgehead atoms. The molecule has 34 heavy (non-hydrogen) atoms. The van der Waals surface area contributed by atoms with Gasteiger partial charge in [0.1, 0.15) is 17.2 Å². The summed E-state index contributed by atoms with van der Waals surface area (Å²) in [6, 6.07) is 22.9. The van der Waals surface area contributed by atoms with Gasteiger partial charge in [0, 0.05) is 36.7 Å². The molecule has 0 radical (unpaired) electrons. The van der Waals surface area contributed by atoms with Gasteiger partial charge in [0.2, 0.25) is 0 Å². The molecule has 0 aliphatic carbocycles. The molecule has 0 fully saturated rings. The van der Waals surface area contributed by atoms with Gasteiger partial charge in [-0.1, -0.05) is 24.3 Å². The quantitative estimate of drug-likeness (QED) is 0.391. The van der Waals surface area contributed by atoms with Gasteiger partial charge in [-0.05, 0) is 55.5 Å². The van der Waals surface area contributed by atoms with Crippen LogP contribution in [-0.4, -0.2) is 43.5 Å². The molecule has 0 saturated heterocycles. The van der Waals surface area contributed by atoms with Gasteiger partial charge in [0.25, 0.3) is 5.91 Å². The van der Waals surface area contributed by atoms with E-state index in [1.165, 1.54) is 0 Å². The van der Waals surface area contributed by atoms with Gasteiger partial charge >= 0.3 is 0 Å². The van der Waals surface area contributed by atoms with Crippen LogP contribution in [0.4, 0.5) is 11.4 Å². The molecule has 7 heteroatoms. The molecule has 174 valence electrons. The Balaban J connectivity index is 1.79. The number of nitrogens with one attached hydrogen (secondary N) is 1. The summed E-state index contributed by atoms with van der Waals surface area (Å²) in [7, 11) is 5.20. The predicted molar refractivity (Wildman–Crippen MR) is 135 cm³/mol.